The molecule has 15 heavy (non-hydrogen) atoms. The van der Waals surface area contributed by atoms with Crippen LogP contribution in [0.2, 0.25) is 0 Å². The van der Waals surface area contributed by atoms with E-state index in [0.717, 1.165) is 37.1 Å². The molecule has 4 nitrogen and oxygen atoms in total. The first-order chi connectivity index (χ1) is 7.18. The van der Waals surface area contributed by atoms with Crippen LogP contribution >= 0.6 is 0 Å². The Bertz CT molecular complexity index is 401. The summed E-state index contributed by atoms with van der Waals surface area (Å²) in [6.07, 6.45) is 2.98. The monoisotopic (exact) mass is 207 g/mol. The standard InChI is InChI=1S/C11H13NO3/c13-10-6-9-7(3-1-2-4-12-9)5-8(10)11(14)15/h5-6,12-13H,1-4H2,(H,14,15). The van der Waals surface area contributed by atoms with Gasteiger partial charge in [0, 0.05) is 18.3 Å². The first-order valence-electron chi connectivity index (χ1n) is 5.01. The van der Waals surface area contributed by atoms with E-state index in [9.17, 15) is 9.90 Å². The lowest BCUT2D eigenvalue weighted by molar-refractivity contribution is 0.0693. The van der Waals surface area contributed by atoms with Gasteiger partial charge in [0.15, 0.2) is 0 Å². The number of fused-ring (bicyclic) bond motifs is 1. The molecule has 0 saturated carbocycles. The summed E-state index contributed by atoms with van der Waals surface area (Å²) in [6.45, 7) is 0.874. The molecule has 3 N–H and O–H groups in total. The molecule has 0 aliphatic carbocycles. The zero-order valence-electron chi connectivity index (χ0n) is 8.29. The lowest BCUT2D eigenvalue weighted by Crippen LogP contribution is -2.02. The van der Waals surface area contributed by atoms with E-state index in [4.69, 9.17) is 5.11 Å². The molecule has 1 heterocycles. The number of hydrogen-bond acceptors (Lipinski definition) is 3. The van der Waals surface area contributed by atoms with E-state index in [-0.39, 0.29) is 11.3 Å². The molecule has 0 fully saturated rings. The molecular weight excluding hydrogens is 194 g/mol. The van der Waals surface area contributed by atoms with Gasteiger partial charge in [0.05, 0.1) is 0 Å². The normalized spacial score (nSPS) is 14.9. The summed E-state index contributed by atoms with van der Waals surface area (Å²) < 4.78 is 0. The van der Waals surface area contributed by atoms with Crippen molar-refractivity contribution in [3.05, 3.63) is 23.3 Å². The van der Waals surface area contributed by atoms with Crippen molar-refractivity contribution in [2.75, 3.05) is 11.9 Å². The van der Waals surface area contributed by atoms with Crippen LogP contribution in [0.25, 0.3) is 0 Å². The number of carboxylic acids is 1. The van der Waals surface area contributed by atoms with Crippen molar-refractivity contribution < 1.29 is 15.0 Å². The Morgan fingerprint density at radius 2 is 2.13 bits per heavy atom. The fourth-order valence-electron chi connectivity index (χ4n) is 1.84. The molecule has 1 aromatic carbocycles. The van der Waals surface area contributed by atoms with Gasteiger partial charge in [-0.3, -0.25) is 0 Å². The Kier molecular flexibility index (Phi) is 2.49. The minimum absolute atomic E-state index is 0.0162. The molecule has 80 valence electrons. The lowest BCUT2D eigenvalue weighted by atomic mass is 10.0. The highest BCUT2D eigenvalue weighted by atomic mass is 16.4. The summed E-state index contributed by atoms with van der Waals surface area (Å²) in [7, 11) is 0. The molecule has 0 saturated heterocycles. The quantitative estimate of drug-likeness (QED) is 0.657. The number of rotatable bonds is 1. The van der Waals surface area contributed by atoms with Gasteiger partial charge < -0.3 is 15.5 Å². The number of benzene rings is 1. The van der Waals surface area contributed by atoms with Crippen molar-refractivity contribution in [1.82, 2.24) is 0 Å². The van der Waals surface area contributed by atoms with Crippen LogP contribution in [0.15, 0.2) is 12.1 Å². The number of phenols is 1. The van der Waals surface area contributed by atoms with Crippen LogP contribution in [0.1, 0.15) is 28.8 Å². The maximum atomic E-state index is 10.8. The molecule has 1 aliphatic heterocycles. The van der Waals surface area contributed by atoms with Crippen molar-refractivity contribution in [1.29, 1.82) is 0 Å². The second-order valence-corrected chi connectivity index (χ2v) is 3.72. The maximum Gasteiger partial charge on any atom is 0.339 e. The third-order valence-corrected chi connectivity index (χ3v) is 2.64. The van der Waals surface area contributed by atoms with E-state index in [1.165, 1.54) is 6.07 Å². The smallest absolute Gasteiger partial charge is 0.339 e. The van der Waals surface area contributed by atoms with Gasteiger partial charge >= 0.3 is 5.97 Å². The van der Waals surface area contributed by atoms with E-state index in [2.05, 4.69) is 5.32 Å². The molecule has 0 atom stereocenters. The van der Waals surface area contributed by atoms with Crippen LogP contribution in [-0.2, 0) is 6.42 Å². The highest BCUT2D eigenvalue weighted by Gasteiger charge is 2.15. The van der Waals surface area contributed by atoms with Gasteiger partial charge in [0.1, 0.15) is 11.3 Å². The average molecular weight is 207 g/mol. The average Bonchev–Trinajstić information content (AvgIpc) is 2.40. The molecule has 0 unspecified atom stereocenters. The molecule has 0 radical (unpaired) electrons. The molecule has 0 spiro atoms. The molecule has 1 aliphatic rings. The summed E-state index contributed by atoms with van der Waals surface area (Å²) in [5, 5.41) is 21.5. The second kappa shape index (κ2) is 3.81. The summed E-state index contributed by atoms with van der Waals surface area (Å²) >= 11 is 0. The van der Waals surface area contributed by atoms with Crippen LogP contribution in [0, 0.1) is 0 Å². The number of anilines is 1. The highest BCUT2D eigenvalue weighted by molar-refractivity contribution is 5.92. The molecule has 4 heteroatoms. The highest BCUT2D eigenvalue weighted by Crippen LogP contribution is 2.29. The Balaban J connectivity index is 2.47. The number of hydrogen-bond donors (Lipinski definition) is 3. The largest absolute Gasteiger partial charge is 0.507 e. The van der Waals surface area contributed by atoms with Gasteiger partial charge in [-0.15, -0.1) is 0 Å². The van der Waals surface area contributed by atoms with Gasteiger partial charge in [-0.25, -0.2) is 4.79 Å². The second-order valence-electron chi connectivity index (χ2n) is 3.72. The van der Waals surface area contributed by atoms with E-state index in [1.54, 1.807) is 6.07 Å². The minimum Gasteiger partial charge on any atom is -0.507 e. The van der Waals surface area contributed by atoms with Gasteiger partial charge in [-0.1, -0.05) is 0 Å². The van der Waals surface area contributed by atoms with Crippen molar-refractivity contribution >= 4 is 11.7 Å². The number of aromatic hydroxyl groups is 1. The first-order valence-corrected chi connectivity index (χ1v) is 5.01. The Morgan fingerprint density at radius 3 is 2.87 bits per heavy atom. The Labute approximate surface area is 87.6 Å². The van der Waals surface area contributed by atoms with E-state index >= 15 is 0 Å². The van der Waals surface area contributed by atoms with Gasteiger partial charge in [0.25, 0.3) is 0 Å². The fraction of sp³-hybridized carbons (Fsp3) is 0.364. The maximum absolute atomic E-state index is 10.8. The molecule has 2 rings (SSSR count). The van der Waals surface area contributed by atoms with Crippen LogP contribution in [0.4, 0.5) is 5.69 Å². The molecular formula is C11H13NO3. The van der Waals surface area contributed by atoms with Crippen LogP contribution in [-0.4, -0.2) is 22.7 Å². The van der Waals surface area contributed by atoms with Gasteiger partial charge in [-0.05, 0) is 30.9 Å². The Morgan fingerprint density at radius 1 is 1.33 bits per heavy atom. The molecule has 0 bridgehead atoms. The van der Waals surface area contributed by atoms with Crippen LogP contribution < -0.4 is 5.32 Å². The minimum atomic E-state index is -1.08. The zero-order chi connectivity index (χ0) is 10.8. The van der Waals surface area contributed by atoms with Crippen LogP contribution in [0.5, 0.6) is 5.75 Å². The van der Waals surface area contributed by atoms with Gasteiger partial charge in [-0.2, -0.15) is 0 Å². The number of carbonyl (C=O) groups is 1. The number of nitrogens with one attached hydrogen (secondary N) is 1. The molecule has 1 aromatic rings. The summed E-state index contributed by atoms with van der Waals surface area (Å²) in [5.74, 6) is -1.25. The van der Waals surface area contributed by atoms with Crippen molar-refractivity contribution in [3.8, 4) is 5.75 Å². The SMILES string of the molecule is O=C(O)c1cc2c(cc1O)NCCCC2. The Hall–Kier alpha value is -1.71. The van der Waals surface area contributed by atoms with E-state index in [1.807, 2.05) is 0 Å². The van der Waals surface area contributed by atoms with Crippen LogP contribution in [0.3, 0.4) is 0 Å². The first kappa shape index (κ1) is 9.83. The fourth-order valence-corrected chi connectivity index (χ4v) is 1.84. The lowest BCUT2D eigenvalue weighted by Gasteiger charge is -2.09. The van der Waals surface area contributed by atoms with Crippen molar-refractivity contribution in [2.45, 2.75) is 19.3 Å². The topological polar surface area (TPSA) is 69.6 Å². The molecule has 0 aromatic heterocycles. The number of aromatic carboxylic acids is 1. The number of carboxylic acid groups (broad SMARTS) is 1. The summed E-state index contributed by atoms with van der Waals surface area (Å²) in [6, 6.07) is 3.06. The molecule has 0 amide bonds. The predicted octanol–water partition coefficient (Wildman–Crippen LogP) is 1.84. The number of aryl methyl sites for hydroxylation is 1. The zero-order valence-corrected chi connectivity index (χ0v) is 8.29. The van der Waals surface area contributed by atoms with Crippen molar-refractivity contribution in [2.24, 2.45) is 0 Å². The van der Waals surface area contributed by atoms with E-state index in [0.29, 0.717) is 0 Å². The summed E-state index contributed by atoms with van der Waals surface area (Å²) in [4.78, 5) is 10.8. The van der Waals surface area contributed by atoms with Crippen molar-refractivity contribution in [3.63, 3.8) is 0 Å². The third kappa shape index (κ3) is 1.88. The van der Waals surface area contributed by atoms with E-state index < -0.39 is 5.97 Å². The summed E-state index contributed by atoms with van der Waals surface area (Å²) in [5.41, 5.74) is 1.81. The predicted molar refractivity (Wildman–Crippen MR) is 56.5 cm³/mol. The van der Waals surface area contributed by atoms with Gasteiger partial charge in [0.2, 0.25) is 0 Å². The third-order valence-electron chi connectivity index (χ3n) is 2.64.